The predicted molar refractivity (Wildman–Crippen MR) is 116 cm³/mol. The Hall–Kier alpha value is -1.70. The van der Waals surface area contributed by atoms with Gasteiger partial charge in [0.05, 0.1) is 0 Å². The summed E-state index contributed by atoms with van der Waals surface area (Å²) in [5, 5.41) is 0. The fraction of sp³-hybridized carbons (Fsp3) is 0.630. The molecule has 1 aromatic carbocycles. The summed E-state index contributed by atoms with van der Waals surface area (Å²) in [5.41, 5.74) is 2.54. The molecule has 0 spiro atoms. The van der Waals surface area contributed by atoms with Crippen LogP contribution in [0.2, 0.25) is 0 Å². The van der Waals surface area contributed by atoms with Gasteiger partial charge in [-0.2, -0.15) is 0 Å². The van der Waals surface area contributed by atoms with Crippen molar-refractivity contribution in [1.29, 1.82) is 0 Å². The molecular formula is C27H34O2. The van der Waals surface area contributed by atoms with Crippen molar-refractivity contribution in [1.82, 2.24) is 0 Å². The minimum Gasteiger partial charge on any atom is -0.298 e. The molecule has 5 atom stereocenters. The average molecular weight is 391 g/mol. The van der Waals surface area contributed by atoms with Crippen molar-refractivity contribution in [2.45, 2.75) is 67.2 Å². The molecule has 0 radical (unpaired) electrons. The van der Waals surface area contributed by atoms with Gasteiger partial charge < -0.3 is 0 Å². The molecule has 0 N–H and O–H groups in total. The first-order valence-corrected chi connectivity index (χ1v) is 11.4. The van der Waals surface area contributed by atoms with Crippen LogP contribution in [0.15, 0.2) is 35.9 Å². The molecule has 5 rings (SSSR count). The number of carbonyl (C=O) groups excluding carboxylic acids is 2. The summed E-state index contributed by atoms with van der Waals surface area (Å²) in [4.78, 5) is 27.7. The van der Waals surface area contributed by atoms with E-state index in [1.165, 1.54) is 0 Å². The van der Waals surface area contributed by atoms with E-state index in [0.717, 1.165) is 42.4 Å². The van der Waals surface area contributed by atoms with E-state index in [1.807, 2.05) is 18.2 Å². The molecule has 4 fully saturated rings. The van der Waals surface area contributed by atoms with Crippen LogP contribution in [0.1, 0.15) is 72.8 Å². The summed E-state index contributed by atoms with van der Waals surface area (Å²) in [6, 6.07) is 10.3. The summed E-state index contributed by atoms with van der Waals surface area (Å²) in [6.07, 6.45) is 4.11. The number of benzene rings is 1. The summed E-state index contributed by atoms with van der Waals surface area (Å²) < 4.78 is 0. The molecule has 2 heteroatoms. The minimum atomic E-state index is -0.298. The van der Waals surface area contributed by atoms with E-state index < -0.39 is 0 Å². The van der Waals surface area contributed by atoms with Crippen LogP contribution in [0.3, 0.4) is 0 Å². The molecule has 0 aromatic heterocycles. The molecule has 4 aliphatic rings. The Bertz CT molecular complexity index is 950. The lowest BCUT2D eigenvalue weighted by Gasteiger charge is -2.32. The van der Waals surface area contributed by atoms with Gasteiger partial charge in [0.15, 0.2) is 5.78 Å². The number of hydrogen-bond donors (Lipinski definition) is 0. The zero-order chi connectivity index (χ0) is 21.0. The molecular weight excluding hydrogens is 356 g/mol. The molecule has 0 saturated heterocycles. The van der Waals surface area contributed by atoms with Gasteiger partial charge >= 0.3 is 0 Å². The molecule has 4 bridgehead atoms. The van der Waals surface area contributed by atoms with Crippen molar-refractivity contribution in [2.75, 3.05) is 0 Å². The molecule has 0 heterocycles. The normalized spacial score (nSPS) is 43.3. The molecule has 0 aliphatic heterocycles. The predicted octanol–water partition coefficient (Wildman–Crippen LogP) is 6.11. The number of rotatable bonds is 2. The molecule has 1 unspecified atom stereocenters. The maximum Gasteiger partial charge on any atom is 0.165 e. The van der Waals surface area contributed by atoms with E-state index in [0.29, 0.717) is 17.5 Å². The van der Waals surface area contributed by atoms with Crippen LogP contribution in [-0.4, -0.2) is 11.6 Å². The molecule has 0 amide bonds. The fourth-order valence-electron chi connectivity index (χ4n) is 7.72. The third-order valence-electron chi connectivity index (χ3n) is 10.5. The van der Waals surface area contributed by atoms with Gasteiger partial charge in [0.2, 0.25) is 0 Å². The Morgan fingerprint density at radius 1 is 0.828 bits per heavy atom. The lowest BCUT2D eigenvalue weighted by molar-refractivity contribution is -0.130. The monoisotopic (exact) mass is 390 g/mol. The van der Waals surface area contributed by atoms with Gasteiger partial charge in [0.25, 0.3) is 0 Å². The largest absolute Gasteiger partial charge is 0.298 e. The highest BCUT2D eigenvalue weighted by atomic mass is 16.1. The van der Waals surface area contributed by atoms with Crippen molar-refractivity contribution >= 4 is 17.1 Å². The summed E-state index contributed by atoms with van der Waals surface area (Å²) >= 11 is 0. The molecule has 4 aliphatic carbocycles. The smallest absolute Gasteiger partial charge is 0.165 e. The second-order valence-corrected chi connectivity index (χ2v) is 11.7. The Balaban J connectivity index is 1.78. The molecule has 4 saturated carbocycles. The Kier molecular flexibility index (Phi) is 3.66. The van der Waals surface area contributed by atoms with Gasteiger partial charge in [-0.1, -0.05) is 71.9 Å². The van der Waals surface area contributed by atoms with E-state index in [1.54, 1.807) is 0 Å². The SMILES string of the molecule is CC1(C)[C@@H]2CC[C@@]1(C)C(=O)/C2=C(/c1ccccc1)C1C(=O)[C@]2(C)CC[C@H]1C2(C)C. The van der Waals surface area contributed by atoms with Gasteiger partial charge in [0.1, 0.15) is 5.78 Å². The molecule has 29 heavy (non-hydrogen) atoms. The number of hydrogen-bond acceptors (Lipinski definition) is 2. The van der Waals surface area contributed by atoms with E-state index in [-0.39, 0.29) is 33.5 Å². The molecule has 154 valence electrons. The summed E-state index contributed by atoms with van der Waals surface area (Å²) in [6.45, 7) is 13.4. The number of ketones is 2. The first-order valence-electron chi connectivity index (χ1n) is 11.4. The summed E-state index contributed by atoms with van der Waals surface area (Å²) in [7, 11) is 0. The Morgan fingerprint density at radius 2 is 1.45 bits per heavy atom. The third kappa shape index (κ3) is 1.99. The maximum atomic E-state index is 13.9. The van der Waals surface area contributed by atoms with Crippen LogP contribution in [-0.2, 0) is 9.59 Å². The fourth-order valence-corrected chi connectivity index (χ4v) is 7.72. The highest BCUT2D eigenvalue weighted by molar-refractivity contribution is 6.14. The quantitative estimate of drug-likeness (QED) is 0.571. The van der Waals surface area contributed by atoms with Gasteiger partial charge in [-0.05, 0) is 59.5 Å². The van der Waals surface area contributed by atoms with E-state index in [2.05, 4.69) is 53.7 Å². The van der Waals surface area contributed by atoms with Crippen LogP contribution in [0, 0.1) is 39.4 Å². The second kappa shape index (κ2) is 5.50. The van der Waals surface area contributed by atoms with Gasteiger partial charge in [-0.15, -0.1) is 0 Å². The van der Waals surface area contributed by atoms with Crippen molar-refractivity contribution in [3.8, 4) is 0 Å². The standard InChI is InChI=1S/C27H34O2/c1-24(2)17-12-14-26(24,5)22(28)20(17)19(16-10-8-7-9-11-16)21-18-13-15-27(6,23(21)29)25(18,3)4/h7-11,17-18,20H,12-15H2,1-6H3/b21-19-/t17-,18-,20?,26+,27+/m1/s1. The zero-order valence-electron chi connectivity index (χ0n) is 18.8. The highest BCUT2D eigenvalue weighted by Gasteiger charge is 2.69. The lowest BCUT2D eigenvalue weighted by Crippen LogP contribution is -2.34. The van der Waals surface area contributed by atoms with E-state index >= 15 is 0 Å². The van der Waals surface area contributed by atoms with Crippen molar-refractivity contribution in [3.05, 3.63) is 41.5 Å². The Labute approximate surface area is 175 Å². The third-order valence-corrected chi connectivity index (χ3v) is 10.5. The van der Waals surface area contributed by atoms with Gasteiger partial charge in [-0.3, -0.25) is 9.59 Å². The molecule has 2 nitrogen and oxygen atoms in total. The van der Waals surface area contributed by atoms with E-state index in [9.17, 15) is 9.59 Å². The van der Waals surface area contributed by atoms with Gasteiger partial charge in [0, 0.05) is 22.3 Å². The maximum absolute atomic E-state index is 13.9. The second-order valence-electron chi connectivity index (χ2n) is 11.7. The van der Waals surface area contributed by atoms with Crippen molar-refractivity contribution in [3.63, 3.8) is 0 Å². The number of fused-ring (bicyclic) bond motifs is 4. The van der Waals surface area contributed by atoms with Crippen LogP contribution in [0.25, 0.3) is 5.57 Å². The lowest BCUT2D eigenvalue weighted by atomic mass is 9.70. The van der Waals surface area contributed by atoms with Crippen molar-refractivity contribution in [2.24, 2.45) is 39.4 Å². The summed E-state index contributed by atoms with van der Waals surface area (Å²) in [5.74, 6) is 1.15. The van der Waals surface area contributed by atoms with E-state index in [4.69, 9.17) is 0 Å². The highest BCUT2D eigenvalue weighted by Crippen LogP contribution is 2.71. The number of allylic oxidation sites excluding steroid dienone is 2. The van der Waals surface area contributed by atoms with Gasteiger partial charge in [-0.25, -0.2) is 0 Å². The minimum absolute atomic E-state index is 0.0184. The first-order chi connectivity index (χ1) is 13.5. The molecule has 1 aromatic rings. The van der Waals surface area contributed by atoms with Crippen LogP contribution in [0.4, 0.5) is 0 Å². The van der Waals surface area contributed by atoms with Crippen molar-refractivity contribution < 1.29 is 9.59 Å². The Morgan fingerprint density at radius 3 is 1.97 bits per heavy atom. The van der Waals surface area contributed by atoms with Crippen LogP contribution in [0.5, 0.6) is 0 Å². The van der Waals surface area contributed by atoms with Crippen LogP contribution >= 0.6 is 0 Å². The number of Topliss-reactive ketones (excluding diaryl/α,β-unsaturated/α-hetero) is 2. The number of carbonyl (C=O) groups is 2. The van der Waals surface area contributed by atoms with Crippen LogP contribution < -0.4 is 0 Å². The first kappa shape index (κ1) is 19.3. The topological polar surface area (TPSA) is 34.1 Å². The average Bonchev–Trinajstić information content (AvgIpc) is 3.16. The zero-order valence-corrected chi connectivity index (χ0v) is 18.8.